The molecule has 0 radical (unpaired) electrons. The van der Waals surface area contributed by atoms with Crippen molar-refractivity contribution in [3.63, 3.8) is 0 Å². The molecule has 1 saturated carbocycles. The first-order chi connectivity index (χ1) is 16.0. The largest absolute Gasteiger partial charge is 0.454 e. The molecule has 1 saturated heterocycles. The molecular weight excluding hydrogens is 426 g/mol. The number of hydrogen-bond donors (Lipinski definition) is 4. The van der Waals surface area contributed by atoms with Gasteiger partial charge in [0, 0.05) is 17.7 Å². The highest BCUT2D eigenvalue weighted by atomic mass is 16.7. The van der Waals surface area contributed by atoms with Gasteiger partial charge in [0.1, 0.15) is 17.3 Å². The van der Waals surface area contributed by atoms with Crippen LogP contribution in [0.4, 0.5) is 16.4 Å². The Hall–Kier alpha value is -4.28. The lowest BCUT2D eigenvalue weighted by Gasteiger charge is -2.17. The summed E-state index contributed by atoms with van der Waals surface area (Å²) in [5.41, 5.74) is 2.35. The SMILES string of the molecule is CC(Nc1cc(NC2CC2)n2ncc(/C=C3\NC(=O)NC3=O)c2n1)c1ccc2c(c1)OCO2. The summed E-state index contributed by atoms with van der Waals surface area (Å²) < 4.78 is 12.6. The number of amides is 3. The van der Waals surface area contributed by atoms with E-state index in [2.05, 4.69) is 26.4 Å². The number of urea groups is 1. The predicted molar refractivity (Wildman–Crippen MR) is 119 cm³/mol. The van der Waals surface area contributed by atoms with E-state index in [4.69, 9.17) is 14.5 Å². The van der Waals surface area contributed by atoms with E-state index < -0.39 is 11.9 Å². The van der Waals surface area contributed by atoms with Gasteiger partial charge in [0.15, 0.2) is 17.1 Å². The molecule has 6 rings (SSSR count). The second kappa shape index (κ2) is 7.40. The summed E-state index contributed by atoms with van der Waals surface area (Å²) in [6.07, 6.45) is 5.40. The Morgan fingerprint density at radius 1 is 1.18 bits per heavy atom. The molecule has 0 bridgehead atoms. The molecule has 1 atom stereocenters. The molecule has 3 aromatic rings. The zero-order valence-electron chi connectivity index (χ0n) is 17.7. The monoisotopic (exact) mass is 447 g/mol. The molecule has 2 aliphatic heterocycles. The highest BCUT2D eigenvalue weighted by molar-refractivity contribution is 6.14. The van der Waals surface area contributed by atoms with Crippen molar-refractivity contribution >= 4 is 35.3 Å². The molecule has 33 heavy (non-hydrogen) atoms. The Labute approximate surface area is 188 Å². The zero-order chi connectivity index (χ0) is 22.5. The zero-order valence-corrected chi connectivity index (χ0v) is 17.7. The number of imide groups is 1. The van der Waals surface area contributed by atoms with Crippen molar-refractivity contribution in [1.29, 1.82) is 0 Å². The van der Waals surface area contributed by atoms with E-state index in [1.54, 1.807) is 16.8 Å². The van der Waals surface area contributed by atoms with Crippen molar-refractivity contribution in [2.24, 2.45) is 0 Å². The number of nitrogens with zero attached hydrogens (tertiary/aromatic N) is 3. The van der Waals surface area contributed by atoms with Crippen molar-refractivity contribution in [2.45, 2.75) is 31.8 Å². The minimum absolute atomic E-state index is 0.0622. The second-order valence-corrected chi connectivity index (χ2v) is 8.23. The smallest absolute Gasteiger partial charge is 0.326 e. The van der Waals surface area contributed by atoms with Gasteiger partial charge < -0.3 is 25.4 Å². The number of carbonyl (C=O) groups excluding carboxylic acids is 2. The fourth-order valence-electron chi connectivity index (χ4n) is 3.82. The van der Waals surface area contributed by atoms with E-state index in [1.165, 1.54) is 0 Å². The first-order valence-electron chi connectivity index (χ1n) is 10.7. The minimum atomic E-state index is -0.549. The fourth-order valence-corrected chi connectivity index (χ4v) is 3.82. The first-order valence-corrected chi connectivity index (χ1v) is 10.7. The maximum absolute atomic E-state index is 12.0. The number of rotatable bonds is 6. The molecule has 0 spiro atoms. The Morgan fingerprint density at radius 2 is 2.03 bits per heavy atom. The van der Waals surface area contributed by atoms with Crippen molar-refractivity contribution in [1.82, 2.24) is 25.2 Å². The van der Waals surface area contributed by atoms with Crippen LogP contribution >= 0.6 is 0 Å². The Balaban J connectivity index is 1.35. The number of hydrogen-bond acceptors (Lipinski definition) is 8. The number of nitrogens with one attached hydrogen (secondary N) is 4. The summed E-state index contributed by atoms with van der Waals surface area (Å²) >= 11 is 0. The summed E-state index contributed by atoms with van der Waals surface area (Å²) in [5.74, 6) is 2.42. The van der Waals surface area contributed by atoms with Gasteiger partial charge in [-0.1, -0.05) is 6.07 Å². The number of carbonyl (C=O) groups is 2. The van der Waals surface area contributed by atoms with E-state index in [0.717, 1.165) is 35.7 Å². The second-order valence-electron chi connectivity index (χ2n) is 8.23. The van der Waals surface area contributed by atoms with Crippen LogP contribution in [0.3, 0.4) is 0 Å². The molecule has 1 aliphatic carbocycles. The molecule has 3 amide bonds. The van der Waals surface area contributed by atoms with Crippen LogP contribution in [-0.2, 0) is 4.79 Å². The Morgan fingerprint density at radius 3 is 2.82 bits per heavy atom. The molecule has 168 valence electrons. The molecule has 2 aromatic heterocycles. The molecule has 1 unspecified atom stereocenters. The average molecular weight is 447 g/mol. The summed E-state index contributed by atoms with van der Waals surface area (Å²) in [6.45, 7) is 2.27. The first kappa shape index (κ1) is 19.4. The van der Waals surface area contributed by atoms with Gasteiger partial charge in [-0.2, -0.15) is 9.61 Å². The lowest BCUT2D eigenvalue weighted by Crippen LogP contribution is -2.22. The van der Waals surface area contributed by atoms with Crippen LogP contribution in [0.5, 0.6) is 11.5 Å². The van der Waals surface area contributed by atoms with Crippen molar-refractivity contribution in [3.05, 3.63) is 47.3 Å². The van der Waals surface area contributed by atoms with Crippen LogP contribution in [0.2, 0.25) is 0 Å². The van der Waals surface area contributed by atoms with Gasteiger partial charge >= 0.3 is 6.03 Å². The highest BCUT2D eigenvalue weighted by Gasteiger charge is 2.25. The van der Waals surface area contributed by atoms with E-state index in [0.29, 0.717) is 23.1 Å². The van der Waals surface area contributed by atoms with E-state index >= 15 is 0 Å². The maximum atomic E-state index is 12.0. The lowest BCUT2D eigenvalue weighted by molar-refractivity contribution is -0.115. The standard InChI is InChI=1S/C22H21N7O4/c1-11(12-2-5-16-17(7-12)33-10-32-16)24-18-8-19(25-14-3-4-14)29-20(27-18)13(9-23-29)6-15-21(30)28-22(31)26-15/h2,5-9,11,14,25H,3-4,10H2,1H3,(H,24,27)(H2,26,28,30,31)/b15-6-. The molecular formula is C22H21N7O4. The average Bonchev–Trinajstić information content (AvgIpc) is 3.18. The molecule has 11 heteroatoms. The van der Waals surface area contributed by atoms with E-state index in [-0.39, 0.29) is 18.5 Å². The summed E-state index contributed by atoms with van der Waals surface area (Å²) in [7, 11) is 0. The number of fused-ring (bicyclic) bond motifs is 2. The van der Waals surface area contributed by atoms with Crippen LogP contribution in [-0.4, -0.2) is 39.4 Å². The number of ether oxygens (including phenoxy) is 2. The quantitative estimate of drug-likeness (QED) is 0.335. The number of aromatic nitrogens is 3. The van der Waals surface area contributed by atoms with Crippen LogP contribution in [0, 0.1) is 0 Å². The van der Waals surface area contributed by atoms with Crippen molar-refractivity contribution in [3.8, 4) is 11.5 Å². The molecule has 11 nitrogen and oxygen atoms in total. The lowest BCUT2D eigenvalue weighted by atomic mass is 10.1. The third-order valence-corrected chi connectivity index (χ3v) is 5.71. The molecule has 4 heterocycles. The van der Waals surface area contributed by atoms with Crippen molar-refractivity contribution < 1.29 is 19.1 Å². The van der Waals surface area contributed by atoms with Crippen LogP contribution in [0.15, 0.2) is 36.2 Å². The van der Waals surface area contributed by atoms with Gasteiger partial charge in [-0.05, 0) is 43.5 Å². The van der Waals surface area contributed by atoms with Gasteiger partial charge in [-0.3, -0.25) is 10.1 Å². The number of benzene rings is 1. The Kier molecular flexibility index (Phi) is 4.35. The summed E-state index contributed by atoms with van der Waals surface area (Å²) in [4.78, 5) is 28.2. The van der Waals surface area contributed by atoms with Gasteiger partial charge in [0.05, 0.1) is 12.2 Å². The van der Waals surface area contributed by atoms with Gasteiger partial charge in [-0.15, -0.1) is 0 Å². The fraction of sp³-hybridized carbons (Fsp3) is 0.273. The van der Waals surface area contributed by atoms with Gasteiger partial charge in [0.2, 0.25) is 6.79 Å². The molecule has 2 fully saturated rings. The van der Waals surface area contributed by atoms with E-state index in [9.17, 15) is 9.59 Å². The predicted octanol–water partition coefficient (Wildman–Crippen LogP) is 2.39. The molecule has 3 aliphatic rings. The van der Waals surface area contributed by atoms with Gasteiger partial charge in [-0.25, -0.2) is 9.78 Å². The summed E-state index contributed by atoms with van der Waals surface area (Å²) in [6, 6.07) is 7.55. The van der Waals surface area contributed by atoms with Crippen LogP contribution in [0.25, 0.3) is 11.7 Å². The number of anilines is 2. The third kappa shape index (κ3) is 3.67. The summed E-state index contributed by atoms with van der Waals surface area (Å²) in [5, 5.41) is 16.1. The third-order valence-electron chi connectivity index (χ3n) is 5.71. The highest BCUT2D eigenvalue weighted by Crippen LogP contribution is 2.35. The van der Waals surface area contributed by atoms with Gasteiger partial charge in [0.25, 0.3) is 5.91 Å². The molecule has 1 aromatic carbocycles. The molecule has 4 N–H and O–H groups in total. The normalized spacial score (nSPS) is 19.0. The Bertz CT molecular complexity index is 1330. The topological polar surface area (TPSA) is 131 Å². The van der Waals surface area contributed by atoms with Crippen molar-refractivity contribution in [2.75, 3.05) is 17.4 Å². The van der Waals surface area contributed by atoms with Crippen LogP contribution < -0.4 is 30.7 Å². The van der Waals surface area contributed by atoms with Crippen LogP contribution in [0.1, 0.15) is 36.9 Å². The van der Waals surface area contributed by atoms with E-state index in [1.807, 2.05) is 31.2 Å². The maximum Gasteiger partial charge on any atom is 0.326 e. The minimum Gasteiger partial charge on any atom is -0.454 e.